The third kappa shape index (κ3) is 3.69. The van der Waals surface area contributed by atoms with E-state index in [0.717, 1.165) is 16.9 Å². The van der Waals surface area contributed by atoms with Gasteiger partial charge in [-0.25, -0.2) is 0 Å². The number of benzene rings is 2. The van der Waals surface area contributed by atoms with E-state index in [2.05, 4.69) is 15.9 Å². The summed E-state index contributed by atoms with van der Waals surface area (Å²) in [6, 6.07) is 13.4. The first-order valence-electron chi connectivity index (χ1n) is 6.33. The van der Waals surface area contributed by atoms with Gasteiger partial charge in [-0.1, -0.05) is 57.3 Å². The van der Waals surface area contributed by atoms with Crippen molar-refractivity contribution in [1.29, 1.82) is 0 Å². The Labute approximate surface area is 138 Å². The molecule has 0 heterocycles. The van der Waals surface area contributed by atoms with Crippen LogP contribution in [-0.2, 0) is 0 Å². The minimum Gasteiger partial charge on any atom is -0.491 e. The van der Waals surface area contributed by atoms with E-state index in [-0.39, 0.29) is 10.9 Å². The fraction of sp³-hybridized carbons (Fsp3) is 0.250. The fourth-order valence-electron chi connectivity index (χ4n) is 1.91. The lowest BCUT2D eigenvalue weighted by Crippen LogP contribution is -2.05. The number of ether oxygens (including phenoxy) is 1. The summed E-state index contributed by atoms with van der Waals surface area (Å²) >= 11 is 16.1. The average Bonchev–Trinajstić information content (AvgIpc) is 2.38. The smallest absolute Gasteiger partial charge is 0.119 e. The van der Waals surface area contributed by atoms with Gasteiger partial charge in [0, 0.05) is 15.6 Å². The molecule has 4 heteroatoms. The summed E-state index contributed by atoms with van der Waals surface area (Å²) in [6.07, 6.45) is 0.165. The zero-order chi connectivity index (χ0) is 14.7. The highest BCUT2D eigenvalue weighted by Gasteiger charge is 2.17. The Bertz CT molecular complexity index is 561. The van der Waals surface area contributed by atoms with Crippen molar-refractivity contribution in [3.8, 4) is 5.75 Å². The van der Waals surface area contributed by atoms with Crippen LogP contribution in [0, 0.1) is 0 Å². The van der Waals surface area contributed by atoms with Gasteiger partial charge in [-0.15, -0.1) is 0 Å². The van der Waals surface area contributed by atoms with Crippen molar-refractivity contribution in [1.82, 2.24) is 0 Å². The van der Waals surface area contributed by atoms with Crippen LogP contribution in [0.25, 0.3) is 0 Å². The van der Waals surface area contributed by atoms with Crippen molar-refractivity contribution in [3.05, 3.63) is 63.6 Å². The topological polar surface area (TPSA) is 9.23 Å². The van der Waals surface area contributed by atoms with E-state index in [1.54, 1.807) is 0 Å². The largest absolute Gasteiger partial charge is 0.491 e. The first kappa shape index (κ1) is 15.7. The van der Waals surface area contributed by atoms with Crippen molar-refractivity contribution in [2.75, 3.05) is 0 Å². The van der Waals surface area contributed by atoms with Crippen molar-refractivity contribution in [2.45, 2.75) is 24.8 Å². The molecule has 2 rings (SSSR count). The van der Waals surface area contributed by atoms with E-state index < -0.39 is 0 Å². The van der Waals surface area contributed by atoms with Gasteiger partial charge in [-0.2, -0.15) is 0 Å². The van der Waals surface area contributed by atoms with Gasteiger partial charge in [0.15, 0.2) is 0 Å². The highest BCUT2D eigenvalue weighted by atomic mass is 79.9. The van der Waals surface area contributed by atoms with Gasteiger partial charge in [0.2, 0.25) is 0 Å². The molecule has 0 N–H and O–H groups in total. The molecule has 0 aliphatic carbocycles. The second kappa shape index (κ2) is 6.84. The molecule has 0 amide bonds. The quantitative estimate of drug-likeness (QED) is 0.574. The lowest BCUT2D eigenvalue weighted by molar-refractivity contribution is 0.242. The average molecular weight is 374 g/mol. The number of rotatable bonds is 4. The Hall–Kier alpha value is -0.700. The predicted molar refractivity (Wildman–Crippen MR) is 89.4 cm³/mol. The van der Waals surface area contributed by atoms with E-state index in [9.17, 15) is 0 Å². The number of hydrogen-bond acceptors (Lipinski definition) is 1. The summed E-state index contributed by atoms with van der Waals surface area (Å²) in [5, 5.41) is 1.31. The molecule has 1 unspecified atom stereocenters. The highest BCUT2D eigenvalue weighted by Crippen LogP contribution is 2.39. The van der Waals surface area contributed by atoms with E-state index in [4.69, 9.17) is 27.9 Å². The molecule has 0 saturated carbocycles. The van der Waals surface area contributed by atoms with Crippen molar-refractivity contribution < 1.29 is 4.74 Å². The maximum Gasteiger partial charge on any atom is 0.119 e. The maximum absolute atomic E-state index is 6.24. The van der Waals surface area contributed by atoms with Crippen LogP contribution in [-0.4, -0.2) is 6.10 Å². The molecular formula is C16H15BrCl2O. The molecule has 106 valence electrons. The lowest BCUT2D eigenvalue weighted by Gasteiger charge is -2.15. The third-order valence-corrected chi connectivity index (χ3v) is 4.44. The standard InChI is InChI=1S/C16H15BrCl2O/c1-10(2)20-12-8-6-11(7-9-12)16(17)15-13(18)4-3-5-14(15)19/h3-10,16H,1-2H3. The van der Waals surface area contributed by atoms with Crippen molar-refractivity contribution in [3.63, 3.8) is 0 Å². The van der Waals surface area contributed by atoms with Crippen LogP contribution < -0.4 is 4.74 Å². The van der Waals surface area contributed by atoms with Crippen LogP contribution >= 0.6 is 39.1 Å². The van der Waals surface area contributed by atoms with Crippen LogP contribution in [0.4, 0.5) is 0 Å². The molecule has 20 heavy (non-hydrogen) atoms. The van der Waals surface area contributed by atoms with E-state index in [1.165, 1.54) is 0 Å². The first-order chi connectivity index (χ1) is 9.49. The molecule has 2 aromatic rings. The SMILES string of the molecule is CC(C)Oc1ccc(C(Br)c2c(Cl)cccc2Cl)cc1. The molecule has 0 bridgehead atoms. The normalized spacial score (nSPS) is 12.5. The Balaban J connectivity index is 2.27. The van der Waals surface area contributed by atoms with Gasteiger partial charge in [-0.3, -0.25) is 0 Å². The molecule has 0 fully saturated rings. The highest BCUT2D eigenvalue weighted by molar-refractivity contribution is 9.09. The monoisotopic (exact) mass is 372 g/mol. The van der Waals surface area contributed by atoms with Crippen LogP contribution in [0.2, 0.25) is 10.0 Å². The Morgan fingerprint density at radius 2 is 1.50 bits per heavy atom. The fourth-order valence-corrected chi connectivity index (χ4v) is 3.58. The van der Waals surface area contributed by atoms with Gasteiger partial charge in [0.05, 0.1) is 10.9 Å². The zero-order valence-corrected chi connectivity index (χ0v) is 14.3. The molecule has 2 aromatic carbocycles. The molecule has 0 spiro atoms. The molecule has 0 aliphatic heterocycles. The molecule has 0 saturated heterocycles. The Morgan fingerprint density at radius 3 is 2.00 bits per heavy atom. The third-order valence-electron chi connectivity index (χ3n) is 2.80. The predicted octanol–water partition coefficient (Wildman–Crippen LogP) is 6.26. The maximum atomic E-state index is 6.24. The number of alkyl halides is 1. The molecular weight excluding hydrogens is 359 g/mol. The summed E-state index contributed by atoms with van der Waals surface area (Å²) in [7, 11) is 0. The molecule has 0 radical (unpaired) electrons. The second-order valence-electron chi connectivity index (χ2n) is 4.73. The van der Waals surface area contributed by atoms with Gasteiger partial charge < -0.3 is 4.74 Å². The molecule has 0 aliphatic rings. The summed E-state index contributed by atoms with van der Waals surface area (Å²) in [5.41, 5.74) is 1.96. The van der Waals surface area contributed by atoms with Gasteiger partial charge in [0.1, 0.15) is 5.75 Å². The van der Waals surface area contributed by atoms with Crippen molar-refractivity contribution >= 4 is 39.1 Å². The zero-order valence-electron chi connectivity index (χ0n) is 11.2. The van der Waals surface area contributed by atoms with Gasteiger partial charge in [-0.05, 0) is 43.7 Å². The van der Waals surface area contributed by atoms with Crippen molar-refractivity contribution in [2.24, 2.45) is 0 Å². The first-order valence-corrected chi connectivity index (χ1v) is 8.01. The van der Waals surface area contributed by atoms with E-state index in [1.807, 2.05) is 56.3 Å². The van der Waals surface area contributed by atoms with Crippen LogP contribution in [0.1, 0.15) is 29.8 Å². The lowest BCUT2D eigenvalue weighted by atomic mass is 10.0. The van der Waals surface area contributed by atoms with E-state index >= 15 is 0 Å². The number of hydrogen-bond donors (Lipinski definition) is 0. The van der Waals surface area contributed by atoms with Crippen LogP contribution in [0.3, 0.4) is 0 Å². The van der Waals surface area contributed by atoms with Gasteiger partial charge >= 0.3 is 0 Å². The Morgan fingerprint density at radius 1 is 0.950 bits per heavy atom. The number of halogens is 3. The van der Waals surface area contributed by atoms with Gasteiger partial charge in [0.25, 0.3) is 0 Å². The molecule has 0 aromatic heterocycles. The second-order valence-corrected chi connectivity index (χ2v) is 6.46. The van der Waals surface area contributed by atoms with E-state index in [0.29, 0.717) is 10.0 Å². The molecule has 1 nitrogen and oxygen atoms in total. The minimum absolute atomic E-state index is 0.0446. The van der Waals surface area contributed by atoms with Crippen LogP contribution in [0.5, 0.6) is 5.75 Å². The minimum atomic E-state index is -0.0446. The summed E-state index contributed by atoms with van der Waals surface area (Å²) in [5.74, 6) is 0.855. The summed E-state index contributed by atoms with van der Waals surface area (Å²) in [4.78, 5) is -0.0446. The Kier molecular flexibility index (Phi) is 5.36. The summed E-state index contributed by atoms with van der Waals surface area (Å²) < 4.78 is 5.63. The van der Waals surface area contributed by atoms with Crippen LogP contribution in [0.15, 0.2) is 42.5 Å². The molecule has 1 atom stereocenters. The summed E-state index contributed by atoms with van der Waals surface area (Å²) in [6.45, 7) is 4.01.